The van der Waals surface area contributed by atoms with E-state index in [0.717, 1.165) is 38.2 Å². The normalized spacial score (nSPS) is 19.0. The predicted octanol–water partition coefficient (Wildman–Crippen LogP) is 3.59. The van der Waals surface area contributed by atoms with Crippen molar-refractivity contribution in [3.05, 3.63) is 54.5 Å². The lowest BCUT2D eigenvalue weighted by molar-refractivity contribution is -0.131. The van der Waals surface area contributed by atoms with Crippen LogP contribution in [-0.4, -0.2) is 66.0 Å². The van der Waals surface area contributed by atoms with E-state index in [-0.39, 0.29) is 17.8 Å². The molecule has 2 aliphatic rings. The Hall–Kier alpha value is -3.16. The molecule has 2 fully saturated rings. The number of carbonyl (C=O) groups excluding carboxylic acids is 2. The summed E-state index contributed by atoms with van der Waals surface area (Å²) in [7, 11) is 0. The van der Waals surface area contributed by atoms with E-state index in [1.807, 2.05) is 23.1 Å². The van der Waals surface area contributed by atoms with E-state index >= 15 is 0 Å². The van der Waals surface area contributed by atoms with Gasteiger partial charge in [-0.3, -0.25) is 4.79 Å². The fourth-order valence-corrected chi connectivity index (χ4v) is 4.43. The number of rotatable bonds is 5. The maximum atomic E-state index is 13.1. The maximum Gasteiger partial charge on any atom is 0.321 e. The molecular weight excluding hydrogens is 409 g/mol. The van der Waals surface area contributed by atoms with Crippen molar-refractivity contribution in [3.8, 4) is 0 Å². The lowest BCUT2D eigenvalue weighted by atomic mass is 9.93. The van der Waals surface area contributed by atoms with Crippen molar-refractivity contribution in [2.45, 2.75) is 25.7 Å². The number of hydrogen-bond donors (Lipinski definition) is 1. The highest BCUT2D eigenvalue weighted by Gasteiger charge is 2.26. The van der Waals surface area contributed by atoms with Gasteiger partial charge < -0.3 is 20.0 Å². The van der Waals surface area contributed by atoms with E-state index in [9.17, 15) is 14.0 Å². The Morgan fingerprint density at radius 3 is 2.50 bits per heavy atom. The second kappa shape index (κ2) is 10.4. The summed E-state index contributed by atoms with van der Waals surface area (Å²) in [6, 6.07) is 11.5. The van der Waals surface area contributed by atoms with E-state index in [2.05, 4.69) is 15.2 Å². The molecule has 2 aliphatic heterocycles. The highest BCUT2D eigenvalue weighted by molar-refractivity contribution is 5.89. The molecule has 0 bridgehead atoms. The van der Waals surface area contributed by atoms with Gasteiger partial charge >= 0.3 is 6.03 Å². The van der Waals surface area contributed by atoms with E-state index < -0.39 is 0 Å². The lowest BCUT2D eigenvalue weighted by Gasteiger charge is -2.36. The zero-order valence-corrected chi connectivity index (χ0v) is 18.3. The molecule has 0 radical (unpaired) electrons. The summed E-state index contributed by atoms with van der Waals surface area (Å²) in [5.41, 5.74) is 0.582. The largest absolute Gasteiger partial charge is 0.353 e. The first-order valence-electron chi connectivity index (χ1n) is 11.3. The van der Waals surface area contributed by atoms with Crippen molar-refractivity contribution < 1.29 is 14.0 Å². The quantitative estimate of drug-likeness (QED) is 0.773. The van der Waals surface area contributed by atoms with Crippen molar-refractivity contribution in [1.82, 2.24) is 14.8 Å². The topological polar surface area (TPSA) is 68.8 Å². The summed E-state index contributed by atoms with van der Waals surface area (Å²) < 4.78 is 13.1. The summed E-state index contributed by atoms with van der Waals surface area (Å²) in [4.78, 5) is 35.6. The van der Waals surface area contributed by atoms with Gasteiger partial charge in [0.15, 0.2) is 0 Å². The molecule has 32 heavy (non-hydrogen) atoms. The molecule has 3 amide bonds. The number of nitrogens with one attached hydrogen (secondary N) is 1. The smallest absolute Gasteiger partial charge is 0.321 e. The molecule has 0 aliphatic carbocycles. The van der Waals surface area contributed by atoms with Crippen LogP contribution in [0.5, 0.6) is 0 Å². The average molecular weight is 440 g/mol. The summed E-state index contributed by atoms with van der Waals surface area (Å²) in [6.07, 6.45) is 5.06. The van der Waals surface area contributed by atoms with Gasteiger partial charge in [-0.2, -0.15) is 0 Å². The number of urea groups is 1. The van der Waals surface area contributed by atoms with E-state index in [4.69, 9.17) is 0 Å². The minimum Gasteiger partial charge on any atom is -0.353 e. The van der Waals surface area contributed by atoms with Crippen LogP contribution in [0, 0.1) is 11.7 Å². The van der Waals surface area contributed by atoms with Crippen LogP contribution in [-0.2, 0) is 4.79 Å². The van der Waals surface area contributed by atoms with Crippen molar-refractivity contribution in [2.24, 2.45) is 5.92 Å². The fourth-order valence-electron chi connectivity index (χ4n) is 4.43. The van der Waals surface area contributed by atoms with Crippen LogP contribution >= 0.6 is 0 Å². The molecular formula is C24H30FN5O2. The van der Waals surface area contributed by atoms with Gasteiger partial charge in [0, 0.05) is 57.6 Å². The van der Waals surface area contributed by atoms with Crippen LogP contribution in [0.2, 0.25) is 0 Å². The first-order valence-corrected chi connectivity index (χ1v) is 11.3. The summed E-state index contributed by atoms with van der Waals surface area (Å²) in [6.45, 7) is 4.37. The molecule has 7 nitrogen and oxygen atoms in total. The van der Waals surface area contributed by atoms with E-state index in [0.29, 0.717) is 44.2 Å². The van der Waals surface area contributed by atoms with Gasteiger partial charge in [-0.05, 0) is 61.6 Å². The summed E-state index contributed by atoms with van der Waals surface area (Å²) in [5, 5.41) is 2.83. The molecule has 0 saturated carbocycles. The third-order valence-corrected chi connectivity index (χ3v) is 6.27. The Morgan fingerprint density at radius 1 is 1.00 bits per heavy atom. The van der Waals surface area contributed by atoms with Gasteiger partial charge in [0.1, 0.15) is 11.6 Å². The Labute approximate surface area is 188 Å². The van der Waals surface area contributed by atoms with Gasteiger partial charge in [-0.15, -0.1) is 0 Å². The van der Waals surface area contributed by atoms with Gasteiger partial charge in [-0.25, -0.2) is 14.2 Å². The third kappa shape index (κ3) is 5.75. The number of pyridine rings is 1. The number of piperidine rings is 1. The van der Waals surface area contributed by atoms with Crippen molar-refractivity contribution in [2.75, 3.05) is 49.5 Å². The predicted molar refractivity (Wildman–Crippen MR) is 122 cm³/mol. The van der Waals surface area contributed by atoms with E-state index in [1.54, 1.807) is 23.2 Å². The molecule has 1 aromatic carbocycles. The minimum absolute atomic E-state index is 0.168. The monoisotopic (exact) mass is 439 g/mol. The number of halogens is 1. The third-order valence-electron chi connectivity index (χ3n) is 6.27. The molecule has 1 unspecified atom stereocenters. The molecule has 1 aromatic heterocycles. The molecule has 2 saturated heterocycles. The SMILES string of the molecule is O=C(CCC1CCCN(C(=O)Nc2ccc(F)cc2)C1)N1CCN(c2ccccn2)CC1. The Bertz CT molecular complexity index is 900. The van der Waals surface area contributed by atoms with Gasteiger partial charge in [-0.1, -0.05) is 6.07 Å². The number of aromatic nitrogens is 1. The van der Waals surface area contributed by atoms with Gasteiger partial charge in [0.25, 0.3) is 0 Å². The van der Waals surface area contributed by atoms with Crippen molar-refractivity contribution in [1.29, 1.82) is 0 Å². The number of anilines is 2. The van der Waals surface area contributed by atoms with Gasteiger partial charge in [0.2, 0.25) is 5.91 Å². The van der Waals surface area contributed by atoms with Crippen LogP contribution in [0.1, 0.15) is 25.7 Å². The number of likely N-dealkylation sites (tertiary alicyclic amines) is 1. The molecule has 3 heterocycles. The number of nitrogens with zero attached hydrogens (tertiary/aromatic N) is 4. The number of carbonyl (C=O) groups is 2. The van der Waals surface area contributed by atoms with Crippen LogP contribution in [0.15, 0.2) is 48.7 Å². The van der Waals surface area contributed by atoms with Crippen LogP contribution in [0.3, 0.4) is 0 Å². The lowest BCUT2D eigenvalue weighted by Crippen LogP contribution is -2.49. The molecule has 8 heteroatoms. The molecule has 2 aromatic rings. The first-order chi connectivity index (χ1) is 15.6. The second-order valence-electron chi connectivity index (χ2n) is 8.49. The van der Waals surface area contributed by atoms with E-state index in [1.165, 1.54) is 12.1 Å². The highest BCUT2D eigenvalue weighted by atomic mass is 19.1. The van der Waals surface area contributed by atoms with Crippen LogP contribution < -0.4 is 10.2 Å². The first kappa shape index (κ1) is 22.0. The number of amides is 3. The Kier molecular flexibility index (Phi) is 7.19. The molecule has 0 spiro atoms. The average Bonchev–Trinajstić information content (AvgIpc) is 2.85. The Morgan fingerprint density at radius 2 is 1.78 bits per heavy atom. The fraction of sp³-hybridized carbons (Fsp3) is 0.458. The minimum atomic E-state index is -0.330. The van der Waals surface area contributed by atoms with Crippen molar-refractivity contribution in [3.63, 3.8) is 0 Å². The molecule has 170 valence electrons. The van der Waals surface area contributed by atoms with Gasteiger partial charge in [0.05, 0.1) is 0 Å². The summed E-state index contributed by atoms with van der Waals surface area (Å²) in [5.74, 6) is 1.14. The molecule has 4 rings (SSSR count). The molecule has 1 N–H and O–H groups in total. The molecule has 1 atom stereocenters. The summed E-state index contributed by atoms with van der Waals surface area (Å²) >= 11 is 0. The zero-order chi connectivity index (χ0) is 22.3. The zero-order valence-electron chi connectivity index (χ0n) is 18.3. The maximum absolute atomic E-state index is 13.1. The highest BCUT2D eigenvalue weighted by Crippen LogP contribution is 2.23. The standard InChI is InChI=1S/C24H30FN5O2/c25-20-7-9-21(10-8-20)27-24(32)30-13-3-4-19(18-30)6-11-23(31)29-16-14-28(15-17-29)22-5-1-2-12-26-22/h1-2,5,7-10,12,19H,3-4,6,11,13-18H2,(H,27,32). The van der Waals surface area contributed by atoms with Crippen LogP contribution in [0.25, 0.3) is 0 Å². The number of piperazine rings is 1. The number of benzene rings is 1. The number of hydrogen-bond acceptors (Lipinski definition) is 4. The van der Waals surface area contributed by atoms with Crippen LogP contribution in [0.4, 0.5) is 20.7 Å². The van der Waals surface area contributed by atoms with Crippen molar-refractivity contribution >= 4 is 23.4 Å². The second-order valence-corrected chi connectivity index (χ2v) is 8.49. The Balaban J connectivity index is 1.20.